The van der Waals surface area contributed by atoms with Crippen LogP contribution in [0.15, 0.2) is 12.2 Å². The topological polar surface area (TPSA) is 0 Å². The largest absolute Gasteiger partial charge is 0.0622 e. The summed E-state index contributed by atoms with van der Waals surface area (Å²) in [6, 6.07) is 0. The Labute approximate surface area is 40.3 Å². The van der Waals surface area contributed by atoms with Gasteiger partial charge in [-0.25, -0.2) is 0 Å². The first kappa shape index (κ1) is 4.96. The summed E-state index contributed by atoms with van der Waals surface area (Å²) in [5.41, 5.74) is 0. The van der Waals surface area contributed by atoms with Crippen LogP contribution in [0.5, 0.6) is 0 Å². The molecule has 0 aliphatic heterocycles. The molecule has 1 heteroatoms. The Bertz CT molecular complexity index is 45.6. The van der Waals surface area contributed by atoms with Crippen LogP contribution in [0.4, 0.5) is 0 Å². The molecule has 0 spiro atoms. The van der Waals surface area contributed by atoms with E-state index in [1.807, 2.05) is 0 Å². The lowest BCUT2D eigenvalue weighted by Crippen LogP contribution is -1.30. The van der Waals surface area contributed by atoms with E-state index in [0.29, 0.717) is 0 Å². The van der Waals surface area contributed by atoms with E-state index in [0.717, 1.165) is 0 Å². The molecule has 0 aromatic carbocycles. The van der Waals surface area contributed by atoms with Crippen molar-refractivity contribution in [1.82, 2.24) is 0 Å². The van der Waals surface area contributed by atoms with Crippen LogP contribution in [-0.4, -0.2) is 0 Å². The third kappa shape index (κ3) is 3.96. The molecule has 0 aliphatic rings. The standard InChI is InChI=1S/C4H3Br/c1-2-3-4-5/h1-3H. The van der Waals surface area contributed by atoms with Gasteiger partial charge < -0.3 is 0 Å². The Hall–Kier alpha value is -0.0400. The highest BCUT2D eigenvalue weighted by atomic mass is 79.9. The van der Waals surface area contributed by atoms with Crippen molar-refractivity contribution in [2.24, 2.45) is 0 Å². The van der Waals surface area contributed by atoms with Crippen molar-refractivity contribution in [3.8, 4) is 0 Å². The molecule has 0 saturated carbocycles. The monoisotopic (exact) mass is 130 g/mol. The summed E-state index contributed by atoms with van der Waals surface area (Å²) in [6.07, 6.45) is 2.97. The van der Waals surface area contributed by atoms with Gasteiger partial charge in [0.15, 0.2) is 0 Å². The zero-order chi connectivity index (χ0) is 4.12. The van der Waals surface area contributed by atoms with E-state index in [1.165, 1.54) is 6.08 Å². The van der Waals surface area contributed by atoms with E-state index in [2.05, 4.69) is 20.9 Å². The molecule has 5 heavy (non-hydrogen) atoms. The molecule has 0 aromatic rings. The maximum atomic E-state index is 4.87. The summed E-state index contributed by atoms with van der Waals surface area (Å²) in [7, 11) is 0. The first-order chi connectivity index (χ1) is 2.41. The molecule has 0 fully saturated rings. The lowest BCUT2D eigenvalue weighted by atomic mass is 10.6. The van der Waals surface area contributed by atoms with Crippen LogP contribution in [0.25, 0.3) is 0 Å². The third-order valence-corrected chi connectivity index (χ3v) is 0.424. The fourth-order valence-corrected chi connectivity index (χ4v) is 0.189. The minimum absolute atomic E-state index is 1.40. The van der Waals surface area contributed by atoms with E-state index < -0.39 is 0 Å². The minimum atomic E-state index is 1.40. The first-order valence-electron chi connectivity index (χ1n) is 1.14. The van der Waals surface area contributed by atoms with Gasteiger partial charge in [-0.05, 0) is 22.0 Å². The molecule has 0 aromatic heterocycles. The summed E-state index contributed by atoms with van der Waals surface area (Å²) in [4.78, 5) is 2.52. The number of halogens is 1. The van der Waals surface area contributed by atoms with Crippen molar-refractivity contribution >= 4 is 15.9 Å². The van der Waals surface area contributed by atoms with E-state index in [9.17, 15) is 0 Å². The predicted molar refractivity (Wildman–Crippen MR) is 25.6 cm³/mol. The molecule has 0 N–H and O–H groups in total. The van der Waals surface area contributed by atoms with Crippen LogP contribution in [0.2, 0.25) is 0 Å². The second kappa shape index (κ2) is 3.96. The molecule has 0 heterocycles. The van der Waals surface area contributed by atoms with Gasteiger partial charge in [0, 0.05) is 4.99 Å². The van der Waals surface area contributed by atoms with E-state index >= 15 is 0 Å². The second-order valence-corrected chi connectivity index (χ2v) is 0.926. The minimum Gasteiger partial charge on any atom is -0.0622 e. The molecule has 0 bridgehead atoms. The number of rotatable bonds is 1. The summed E-state index contributed by atoms with van der Waals surface area (Å²) < 4.78 is 0. The Morgan fingerprint density at radius 1 is 1.80 bits per heavy atom. The Morgan fingerprint density at radius 2 is 2.40 bits per heavy atom. The molecule has 0 unspecified atom stereocenters. The SMILES string of the molecule is [CH]=C/C=[C]\Br. The molecule has 0 amide bonds. The smallest absolute Gasteiger partial charge is 0.0317 e. The van der Waals surface area contributed by atoms with Gasteiger partial charge >= 0.3 is 0 Å². The molecule has 0 saturated heterocycles. The van der Waals surface area contributed by atoms with Crippen LogP contribution in [0.1, 0.15) is 0 Å². The number of allylic oxidation sites excluding steroid dienone is 2. The Kier molecular flexibility index (Phi) is 3.93. The predicted octanol–water partition coefficient (Wildman–Crippen LogP) is 1.69. The molecular weight excluding hydrogens is 128 g/mol. The lowest BCUT2D eigenvalue weighted by Gasteiger charge is -1.52. The summed E-state index contributed by atoms with van der Waals surface area (Å²) in [5.74, 6) is 0. The van der Waals surface area contributed by atoms with Gasteiger partial charge in [0.2, 0.25) is 0 Å². The highest BCUT2D eigenvalue weighted by Crippen LogP contribution is 1.76. The van der Waals surface area contributed by atoms with E-state index in [1.54, 1.807) is 6.08 Å². The maximum absolute atomic E-state index is 4.87. The van der Waals surface area contributed by atoms with Gasteiger partial charge in [0.1, 0.15) is 0 Å². The van der Waals surface area contributed by atoms with Gasteiger partial charge in [-0.2, -0.15) is 0 Å². The van der Waals surface area contributed by atoms with Gasteiger partial charge in [-0.3, -0.25) is 0 Å². The average molecular weight is 131 g/mol. The zero-order valence-electron chi connectivity index (χ0n) is 2.61. The van der Waals surface area contributed by atoms with Gasteiger partial charge in [-0.1, -0.05) is 12.7 Å². The van der Waals surface area contributed by atoms with Crippen LogP contribution >= 0.6 is 15.9 Å². The molecule has 26 valence electrons. The molecule has 0 atom stereocenters. The first-order valence-corrected chi connectivity index (χ1v) is 1.94. The van der Waals surface area contributed by atoms with E-state index in [4.69, 9.17) is 6.58 Å². The van der Waals surface area contributed by atoms with Crippen molar-refractivity contribution in [2.75, 3.05) is 0 Å². The maximum Gasteiger partial charge on any atom is 0.0317 e. The second-order valence-electron chi connectivity index (χ2n) is 0.468. The lowest BCUT2D eigenvalue weighted by molar-refractivity contribution is 2.06. The summed E-state index contributed by atoms with van der Waals surface area (Å²) >= 11 is 2.89. The van der Waals surface area contributed by atoms with E-state index in [-0.39, 0.29) is 0 Å². The molecule has 0 rings (SSSR count). The van der Waals surface area contributed by atoms with Gasteiger partial charge in [0.05, 0.1) is 0 Å². The quantitative estimate of drug-likeness (QED) is 0.475. The summed E-state index contributed by atoms with van der Waals surface area (Å²) in [5, 5.41) is 0. The van der Waals surface area contributed by atoms with Crippen molar-refractivity contribution in [2.45, 2.75) is 0 Å². The highest BCUT2D eigenvalue weighted by molar-refractivity contribution is 9.10. The van der Waals surface area contributed by atoms with Gasteiger partial charge in [-0.15, -0.1) is 0 Å². The van der Waals surface area contributed by atoms with Crippen molar-refractivity contribution in [3.63, 3.8) is 0 Å². The molecule has 0 nitrogen and oxygen atoms in total. The van der Waals surface area contributed by atoms with Crippen molar-refractivity contribution in [1.29, 1.82) is 0 Å². The molecular formula is C4H3Br. The third-order valence-electron chi connectivity index (χ3n) is 0.159. The van der Waals surface area contributed by atoms with Crippen LogP contribution < -0.4 is 0 Å². The van der Waals surface area contributed by atoms with Gasteiger partial charge in [0.25, 0.3) is 0 Å². The molecule has 0 aliphatic carbocycles. The highest BCUT2D eigenvalue weighted by Gasteiger charge is 1.46. The Balaban J connectivity index is 2.92. The average Bonchev–Trinajstić information content (AvgIpc) is 1.41. The normalized spacial score (nSPS) is 9.00. The summed E-state index contributed by atoms with van der Waals surface area (Å²) in [6.45, 7) is 4.87. The van der Waals surface area contributed by atoms with Crippen LogP contribution in [0.3, 0.4) is 0 Å². The van der Waals surface area contributed by atoms with Crippen LogP contribution in [0, 0.1) is 11.6 Å². The molecule has 2 radical (unpaired) electrons. The number of hydrogen-bond donors (Lipinski definition) is 0. The Morgan fingerprint density at radius 3 is 2.40 bits per heavy atom. The zero-order valence-corrected chi connectivity index (χ0v) is 4.20. The fraction of sp³-hybridized carbons (Fsp3) is 0. The fourth-order valence-electron chi connectivity index (χ4n) is 0.0364. The number of hydrogen-bond acceptors (Lipinski definition) is 0. The van der Waals surface area contributed by atoms with Crippen LogP contribution in [-0.2, 0) is 0 Å². The van der Waals surface area contributed by atoms with Crippen molar-refractivity contribution < 1.29 is 0 Å². The van der Waals surface area contributed by atoms with Crippen molar-refractivity contribution in [3.05, 3.63) is 23.7 Å².